The Morgan fingerprint density at radius 1 is 1.12 bits per heavy atom. The van der Waals surface area contributed by atoms with Gasteiger partial charge in [-0.1, -0.05) is 0 Å². The van der Waals surface area contributed by atoms with Crippen LogP contribution in [0.2, 0.25) is 0 Å². The first-order valence-corrected chi connectivity index (χ1v) is 10.4. The van der Waals surface area contributed by atoms with E-state index in [1.807, 2.05) is 0 Å². The number of hydrogen-bond acceptors (Lipinski definition) is 6. The topological polar surface area (TPSA) is 106 Å². The molecule has 1 aliphatic rings. The van der Waals surface area contributed by atoms with Crippen LogP contribution in [0.1, 0.15) is 68.6 Å². The van der Waals surface area contributed by atoms with Crippen molar-refractivity contribution in [2.45, 2.75) is 46.1 Å². The number of hydrogen-bond donors (Lipinski definition) is 1. The molecule has 1 aliphatic heterocycles. The van der Waals surface area contributed by atoms with E-state index in [1.54, 1.807) is 20.8 Å². The number of nitrogens with zero attached hydrogens (tertiary/aromatic N) is 1. The molecule has 0 radical (unpaired) electrons. The third kappa shape index (κ3) is 4.71. The molecule has 0 saturated carbocycles. The van der Waals surface area contributed by atoms with Crippen LogP contribution in [0.4, 0.5) is 4.39 Å². The van der Waals surface area contributed by atoms with Crippen LogP contribution in [-0.2, 0) is 14.3 Å². The third-order valence-corrected chi connectivity index (χ3v) is 5.35. The van der Waals surface area contributed by atoms with E-state index < -0.39 is 35.7 Å². The number of likely N-dealkylation sites (tertiary alicyclic amines) is 1. The number of nitrogens with one attached hydrogen (secondary N) is 1. The summed E-state index contributed by atoms with van der Waals surface area (Å²) in [4.78, 5) is 54.7. The van der Waals surface area contributed by atoms with Crippen LogP contribution >= 0.6 is 0 Å². The molecule has 2 heterocycles. The molecule has 3 rings (SSSR count). The summed E-state index contributed by atoms with van der Waals surface area (Å²) in [7, 11) is 0. The maximum Gasteiger partial charge on any atom is 0.355 e. The van der Waals surface area contributed by atoms with E-state index in [1.165, 1.54) is 12.1 Å². The highest BCUT2D eigenvalue weighted by Gasteiger charge is 2.35. The minimum atomic E-state index is -1.15. The SMILES string of the molecule is CCOC(=O)c1c(C)[nH]c(C(=O)O[C@H]2CCCCN(C(=O)c3ccc(F)cc3)C2=O)c1C. The molecule has 1 aromatic heterocycles. The van der Waals surface area contributed by atoms with Crippen LogP contribution in [0.3, 0.4) is 0 Å². The molecule has 1 saturated heterocycles. The standard InChI is InChI=1S/C23H25FN2O6/c1-4-31-22(29)18-13(2)19(25-14(18)3)23(30)32-17-7-5-6-12-26(21(17)28)20(27)15-8-10-16(24)11-9-15/h8-11,17,25H,4-7,12H2,1-3H3/t17-/m0/s1. The van der Waals surface area contributed by atoms with Crippen LogP contribution in [0.5, 0.6) is 0 Å². The van der Waals surface area contributed by atoms with Crippen molar-refractivity contribution in [1.29, 1.82) is 0 Å². The summed E-state index contributed by atoms with van der Waals surface area (Å²) in [5.74, 6) is -3.05. The number of rotatable bonds is 5. The Morgan fingerprint density at radius 3 is 2.47 bits per heavy atom. The van der Waals surface area contributed by atoms with Gasteiger partial charge in [-0.2, -0.15) is 0 Å². The zero-order chi connectivity index (χ0) is 23.4. The second kappa shape index (κ2) is 9.76. The van der Waals surface area contributed by atoms with Crippen LogP contribution in [0.15, 0.2) is 24.3 Å². The van der Waals surface area contributed by atoms with Crippen LogP contribution in [-0.4, -0.2) is 52.9 Å². The number of amides is 2. The second-order valence-corrected chi connectivity index (χ2v) is 7.54. The van der Waals surface area contributed by atoms with E-state index in [9.17, 15) is 23.6 Å². The van der Waals surface area contributed by atoms with Crippen molar-refractivity contribution in [3.63, 3.8) is 0 Å². The number of H-pyrrole nitrogens is 1. The minimum Gasteiger partial charge on any atom is -0.462 e. The smallest absolute Gasteiger partial charge is 0.355 e. The van der Waals surface area contributed by atoms with Crippen molar-refractivity contribution in [3.05, 3.63) is 58.2 Å². The Kier molecular flexibility index (Phi) is 7.07. The first-order valence-electron chi connectivity index (χ1n) is 10.4. The first-order chi connectivity index (χ1) is 15.2. The Bertz CT molecular complexity index is 1040. The lowest BCUT2D eigenvalue weighted by atomic mass is 10.1. The van der Waals surface area contributed by atoms with Gasteiger partial charge in [-0.05, 0) is 69.9 Å². The molecule has 1 N–H and O–H groups in total. The third-order valence-electron chi connectivity index (χ3n) is 5.35. The zero-order valence-electron chi connectivity index (χ0n) is 18.2. The molecular weight excluding hydrogens is 419 g/mol. The van der Waals surface area contributed by atoms with Crippen molar-refractivity contribution >= 4 is 23.8 Å². The number of aromatic amines is 1. The first kappa shape index (κ1) is 23.2. The van der Waals surface area contributed by atoms with E-state index in [4.69, 9.17) is 9.47 Å². The molecule has 2 aromatic rings. The molecule has 1 fully saturated rings. The number of benzene rings is 1. The fraction of sp³-hybridized carbons (Fsp3) is 0.391. The average Bonchev–Trinajstić information content (AvgIpc) is 2.94. The fourth-order valence-corrected chi connectivity index (χ4v) is 3.72. The summed E-state index contributed by atoms with van der Waals surface area (Å²) >= 11 is 0. The second-order valence-electron chi connectivity index (χ2n) is 7.54. The monoisotopic (exact) mass is 444 g/mol. The van der Waals surface area contributed by atoms with E-state index in [2.05, 4.69) is 4.98 Å². The number of esters is 2. The van der Waals surface area contributed by atoms with Gasteiger partial charge in [0.1, 0.15) is 11.5 Å². The minimum absolute atomic E-state index is 0.0546. The molecule has 0 unspecified atom stereocenters. The molecule has 1 aromatic carbocycles. The Balaban J connectivity index is 1.79. The summed E-state index contributed by atoms with van der Waals surface area (Å²) in [6.07, 6.45) is 0.249. The molecule has 9 heteroatoms. The van der Waals surface area contributed by atoms with Gasteiger partial charge in [0, 0.05) is 17.8 Å². The predicted molar refractivity (Wildman–Crippen MR) is 112 cm³/mol. The van der Waals surface area contributed by atoms with Gasteiger partial charge in [0.25, 0.3) is 11.8 Å². The Hall–Kier alpha value is -3.49. The normalized spacial score (nSPS) is 16.4. The highest BCUT2D eigenvalue weighted by Crippen LogP contribution is 2.23. The quantitative estimate of drug-likeness (QED) is 0.560. The van der Waals surface area contributed by atoms with Gasteiger partial charge in [-0.25, -0.2) is 14.0 Å². The van der Waals surface area contributed by atoms with Crippen LogP contribution < -0.4 is 0 Å². The number of aryl methyl sites for hydroxylation is 1. The van der Waals surface area contributed by atoms with Gasteiger partial charge in [-0.3, -0.25) is 14.5 Å². The number of ether oxygens (including phenoxy) is 2. The van der Waals surface area contributed by atoms with E-state index in [0.717, 1.165) is 17.0 Å². The van der Waals surface area contributed by atoms with Crippen molar-refractivity contribution in [3.8, 4) is 0 Å². The van der Waals surface area contributed by atoms with Gasteiger partial charge in [-0.15, -0.1) is 0 Å². The summed E-state index contributed by atoms with van der Waals surface area (Å²) in [6.45, 7) is 5.27. The Morgan fingerprint density at radius 2 is 1.81 bits per heavy atom. The highest BCUT2D eigenvalue weighted by molar-refractivity contribution is 6.06. The maximum atomic E-state index is 13.2. The lowest BCUT2D eigenvalue weighted by Gasteiger charge is -2.22. The van der Waals surface area contributed by atoms with Gasteiger partial charge in [0.15, 0.2) is 6.10 Å². The maximum absolute atomic E-state index is 13.2. The van der Waals surface area contributed by atoms with Crippen molar-refractivity contribution in [1.82, 2.24) is 9.88 Å². The average molecular weight is 444 g/mol. The molecule has 0 spiro atoms. The fourth-order valence-electron chi connectivity index (χ4n) is 3.72. The highest BCUT2D eigenvalue weighted by atomic mass is 19.1. The number of carbonyl (C=O) groups is 4. The zero-order valence-corrected chi connectivity index (χ0v) is 18.2. The van der Waals surface area contributed by atoms with Gasteiger partial charge in [0.05, 0.1) is 12.2 Å². The van der Waals surface area contributed by atoms with Gasteiger partial charge in [0.2, 0.25) is 0 Å². The predicted octanol–water partition coefficient (Wildman–Crippen LogP) is 3.33. The molecule has 170 valence electrons. The summed E-state index contributed by atoms with van der Waals surface area (Å²) in [5.41, 5.74) is 1.29. The van der Waals surface area contributed by atoms with Crippen molar-refractivity contribution in [2.24, 2.45) is 0 Å². The summed E-state index contributed by atoms with van der Waals surface area (Å²) < 4.78 is 23.7. The van der Waals surface area contributed by atoms with Crippen molar-refractivity contribution in [2.75, 3.05) is 13.2 Å². The molecule has 1 atom stereocenters. The van der Waals surface area contributed by atoms with E-state index in [0.29, 0.717) is 24.1 Å². The summed E-state index contributed by atoms with van der Waals surface area (Å²) in [6, 6.07) is 4.90. The number of aromatic nitrogens is 1. The molecule has 0 bridgehead atoms. The largest absolute Gasteiger partial charge is 0.462 e. The Labute approximate surface area is 184 Å². The van der Waals surface area contributed by atoms with E-state index >= 15 is 0 Å². The van der Waals surface area contributed by atoms with Gasteiger partial charge < -0.3 is 14.5 Å². The van der Waals surface area contributed by atoms with Gasteiger partial charge >= 0.3 is 11.9 Å². The van der Waals surface area contributed by atoms with Crippen LogP contribution in [0.25, 0.3) is 0 Å². The molecule has 0 aliphatic carbocycles. The number of carbonyl (C=O) groups excluding carboxylic acids is 4. The number of halogens is 1. The molecule has 8 nitrogen and oxygen atoms in total. The molecule has 32 heavy (non-hydrogen) atoms. The van der Waals surface area contributed by atoms with Crippen molar-refractivity contribution < 1.29 is 33.0 Å². The summed E-state index contributed by atoms with van der Waals surface area (Å²) in [5, 5.41) is 0. The number of imide groups is 1. The molecular formula is C23H25FN2O6. The van der Waals surface area contributed by atoms with E-state index in [-0.39, 0.29) is 36.4 Å². The van der Waals surface area contributed by atoms with Crippen LogP contribution in [0, 0.1) is 19.7 Å². The lowest BCUT2D eigenvalue weighted by Crippen LogP contribution is -2.43. The lowest BCUT2D eigenvalue weighted by molar-refractivity contribution is -0.137. The molecule has 2 amide bonds.